The Bertz CT molecular complexity index is 400. The highest BCUT2D eigenvalue weighted by atomic mass is 16.4. The molecule has 0 saturated carbocycles. The smallest absolute Gasteiger partial charge is 0.326 e. The third-order valence-corrected chi connectivity index (χ3v) is 2.36. The van der Waals surface area contributed by atoms with Crippen molar-refractivity contribution in [3.8, 4) is 0 Å². The standard InChI is InChI=1S/C12H21N3O5/c1-12(2,3)11(20)14-5-4-9(17)15-7(10(18)19)6-8(13)16/h7H,4-6H2,1-3H3,(H2,13,16)(H,14,20)(H,15,17)(H,18,19)/t7-/m0/s1. The number of carboxylic acid groups (broad SMARTS) is 1. The number of rotatable bonds is 7. The van der Waals surface area contributed by atoms with E-state index >= 15 is 0 Å². The van der Waals surface area contributed by atoms with Crippen LogP contribution in [0, 0.1) is 5.41 Å². The Morgan fingerprint density at radius 1 is 1.20 bits per heavy atom. The quantitative estimate of drug-likeness (QED) is 0.475. The van der Waals surface area contributed by atoms with Crippen molar-refractivity contribution >= 4 is 23.7 Å². The number of nitrogens with one attached hydrogen (secondary N) is 2. The summed E-state index contributed by atoms with van der Waals surface area (Å²) >= 11 is 0. The fourth-order valence-electron chi connectivity index (χ4n) is 1.22. The van der Waals surface area contributed by atoms with Crippen molar-refractivity contribution in [2.75, 3.05) is 6.54 Å². The molecule has 0 aliphatic carbocycles. The van der Waals surface area contributed by atoms with E-state index in [0.29, 0.717) is 0 Å². The number of carbonyl (C=O) groups excluding carboxylic acids is 3. The number of amides is 3. The van der Waals surface area contributed by atoms with Crippen molar-refractivity contribution in [1.29, 1.82) is 0 Å². The van der Waals surface area contributed by atoms with Crippen molar-refractivity contribution in [3.05, 3.63) is 0 Å². The summed E-state index contributed by atoms with van der Waals surface area (Å²) in [4.78, 5) is 44.5. The molecule has 0 aromatic carbocycles. The van der Waals surface area contributed by atoms with E-state index in [2.05, 4.69) is 10.6 Å². The van der Waals surface area contributed by atoms with E-state index in [1.165, 1.54) is 0 Å². The lowest BCUT2D eigenvalue weighted by atomic mass is 9.96. The molecule has 0 aliphatic rings. The minimum Gasteiger partial charge on any atom is -0.480 e. The SMILES string of the molecule is CC(C)(C)C(=O)NCCC(=O)N[C@@H](CC(N)=O)C(=O)O. The summed E-state index contributed by atoms with van der Waals surface area (Å²) in [6.07, 6.45) is -0.556. The zero-order chi connectivity index (χ0) is 15.9. The summed E-state index contributed by atoms with van der Waals surface area (Å²) in [5, 5.41) is 13.5. The number of carbonyl (C=O) groups is 4. The van der Waals surface area contributed by atoms with E-state index in [1.807, 2.05) is 0 Å². The highest BCUT2D eigenvalue weighted by Crippen LogP contribution is 2.12. The fourth-order valence-corrected chi connectivity index (χ4v) is 1.22. The first kappa shape index (κ1) is 17.9. The maximum Gasteiger partial charge on any atom is 0.326 e. The van der Waals surface area contributed by atoms with Gasteiger partial charge in [-0.2, -0.15) is 0 Å². The maximum atomic E-state index is 11.5. The van der Waals surface area contributed by atoms with Gasteiger partial charge in [-0.25, -0.2) is 4.79 Å². The van der Waals surface area contributed by atoms with E-state index in [0.717, 1.165) is 0 Å². The molecule has 0 unspecified atom stereocenters. The summed E-state index contributed by atoms with van der Waals surface area (Å²) in [5.41, 5.74) is 4.32. The van der Waals surface area contributed by atoms with E-state index in [4.69, 9.17) is 10.8 Å². The second-order valence-corrected chi connectivity index (χ2v) is 5.38. The van der Waals surface area contributed by atoms with Crippen molar-refractivity contribution in [2.45, 2.75) is 39.7 Å². The lowest BCUT2D eigenvalue weighted by molar-refractivity contribution is -0.143. The molecular weight excluding hydrogens is 266 g/mol. The largest absolute Gasteiger partial charge is 0.480 e. The van der Waals surface area contributed by atoms with Gasteiger partial charge in [0.1, 0.15) is 6.04 Å². The molecule has 0 fully saturated rings. The first-order valence-electron chi connectivity index (χ1n) is 6.13. The molecule has 3 amide bonds. The van der Waals surface area contributed by atoms with E-state index in [9.17, 15) is 19.2 Å². The second-order valence-electron chi connectivity index (χ2n) is 5.38. The molecule has 0 saturated heterocycles. The number of primary amides is 1. The lowest BCUT2D eigenvalue weighted by Gasteiger charge is -2.18. The molecule has 0 rings (SSSR count). The van der Waals surface area contributed by atoms with Gasteiger partial charge in [-0.05, 0) is 0 Å². The van der Waals surface area contributed by atoms with Gasteiger partial charge >= 0.3 is 5.97 Å². The molecule has 0 spiro atoms. The Kier molecular flexibility index (Phi) is 6.67. The third-order valence-electron chi connectivity index (χ3n) is 2.36. The summed E-state index contributed by atoms with van der Waals surface area (Å²) in [7, 11) is 0. The second kappa shape index (κ2) is 7.46. The Hall–Kier alpha value is -2.12. The molecule has 0 bridgehead atoms. The van der Waals surface area contributed by atoms with Crippen LogP contribution in [0.2, 0.25) is 0 Å². The van der Waals surface area contributed by atoms with Crippen LogP contribution in [0.5, 0.6) is 0 Å². The highest BCUT2D eigenvalue weighted by molar-refractivity contribution is 5.88. The predicted octanol–water partition coefficient (Wildman–Crippen LogP) is -1.02. The van der Waals surface area contributed by atoms with Crippen molar-refractivity contribution < 1.29 is 24.3 Å². The molecule has 1 atom stereocenters. The van der Waals surface area contributed by atoms with Gasteiger partial charge in [-0.3, -0.25) is 14.4 Å². The third kappa shape index (κ3) is 7.34. The van der Waals surface area contributed by atoms with E-state index in [1.54, 1.807) is 20.8 Å². The predicted molar refractivity (Wildman–Crippen MR) is 70.5 cm³/mol. The topological polar surface area (TPSA) is 139 Å². The fraction of sp³-hybridized carbons (Fsp3) is 0.667. The molecule has 0 radical (unpaired) electrons. The minimum absolute atomic E-state index is 0.0790. The van der Waals surface area contributed by atoms with Crippen molar-refractivity contribution in [3.63, 3.8) is 0 Å². The zero-order valence-electron chi connectivity index (χ0n) is 11.9. The Balaban J connectivity index is 4.19. The number of aliphatic carboxylic acids is 1. The molecule has 0 heterocycles. The molecule has 5 N–H and O–H groups in total. The molecular formula is C12H21N3O5. The molecule has 8 heteroatoms. The van der Waals surface area contributed by atoms with Crippen LogP contribution in [0.15, 0.2) is 0 Å². The van der Waals surface area contributed by atoms with Gasteiger partial charge in [0.2, 0.25) is 17.7 Å². The first-order chi connectivity index (χ1) is 9.04. The van der Waals surface area contributed by atoms with Gasteiger partial charge in [-0.1, -0.05) is 20.8 Å². The highest BCUT2D eigenvalue weighted by Gasteiger charge is 2.23. The van der Waals surface area contributed by atoms with Crippen LogP contribution in [-0.2, 0) is 19.2 Å². The number of hydrogen-bond donors (Lipinski definition) is 4. The van der Waals surface area contributed by atoms with Crippen molar-refractivity contribution in [2.24, 2.45) is 11.1 Å². The number of hydrogen-bond acceptors (Lipinski definition) is 4. The van der Waals surface area contributed by atoms with E-state index in [-0.39, 0.29) is 18.9 Å². The van der Waals surface area contributed by atoms with Gasteiger partial charge in [0, 0.05) is 18.4 Å². The maximum absolute atomic E-state index is 11.5. The van der Waals surface area contributed by atoms with Gasteiger partial charge in [-0.15, -0.1) is 0 Å². The molecule has 0 aliphatic heterocycles. The van der Waals surface area contributed by atoms with Crippen LogP contribution in [0.3, 0.4) is 0 Å². The van der Waals surface area contributed by atoms with Crippen LogP contribution in [0.1, 0.15) is 33.6 Å². The average Bonchev–Trinajstić information content (AvgIpc) is 2.25. The summed E-state index contributed by atoms with van der Waals surface area (Å²) in [6.45, 7) is 5.28. The molecule has 0 aromatic rings. The van der Waals surface area contributed by atoms with Gasteiger partial charge in [0.05, 0.1) is 6.42 Å². The minimum atomic E-state index is -1.35. The van der Waals surface area contributed by atoms with Crippen LogP contribution in [-0.4, -0.2) is 41.4 Å². The molecule has 114 valence electrons. The van der Waals surface area contributed by atoms with Gasteiger partial charge in [0.15, 0.2) is 0 Å². The average molecular weight is 287 g/mol. The summed E-state index contributed by atoms with van der Waals surface area (Å²) in [5.74, 6) is -2.94. The van der Waals surface area contributed by atoms with E-state index < -0.39 is 35.7 Å². The summed E-state index contributed by atoms with van der Waals surface area (Å²) in [6, 6.07) is -1.35. The van der Waals surface area contributed by atoms with Gasteiger partial charge < -0.3 is 21.5 Å². The van der Waals surface area contributed by atoms with Crippen LogP contribution < -0.4 is 16.4 Å². The zero-order valence-corrected chi connectivity index (χ0v) is 11.9. The molecule has 0 aromatic heterocycles. The van der Waals surface area contributed by atoms with Crippen LogP contribution >= 0.6 is 0 Å². The van der Waals surface area contributed by atoms with Crippen molar-refractivity contribution in [1.82, 2.24) is 10.6 Å². The summed E-state index contributed by atoms with van der Waals surface area (Å²) < 4.78 is 0. The monoisotopic (exact) mass is 287 g/mol. The molecule has 20 heavy (non-hydrogen) atoms. The molecule has 8 nitrogen and oxygen atoms in total. The number of nitrogens with two attached hydrogens (primary N) is 1. The van der Waals surface area contributed by atoms with Crippen LogP contribution in [0.4, 0.5) is 0 Å². The normalized spacial score (nSPS) is 12.3. The Labute approximate surface area is 117 Å². The number of carboxylic acids is 1. The first-order valence-corrected chi connectivity index (χ1v) is 6.13. The van der Waals surface area contributed by atoms with Gasteiger partial charge in [0.25, 0.3) is 0 Å². The lowest BCUT2D eigenvalue weighted by Crippen LogP contribution is -2.44. The Morgan fingerprint density at radius 2 is 1.75 bits per heavy atom. The Morgan fingerprint density at radius 3 is 2.15 bits per heavy atom. The van der Waals surface area contributed by atoms with Crippen LogP contribution in [0.25, 0.3) is 0 Å².